The summed E-state index contributed by atoms with van der Waals surface area (Å²) in [5, 5.41) is 0. The molecule has 0 amide bonds. The third-order valence-electron chi connectivity index (χ3n) is 3.10. The minimum atomic E-state index is 0.212. The van der Waals surface area contributed by atoms with Crippen LogP contribution in [0.4, 0.5) is 0 Å². The second-order valence-corrected chi connectivity index (χ2v) is 4.67. The first-order valence-corrected chi connectivity index (χ1v) is 5.65. The highest BCUT2D eigenvalue weighted by atomic mass is 16.1. The number of nitrogens with zero attached hydrogens (tertiary/aromatic N) is 1. The molecule has 0 aliphatic rings. The number of benzene rings is 1. The predicted octanol–water partition coefficient (Wildman–Crippen LogP) is 2.63. The minimum absolute atomic E-state index is 0.212. The molecule has 0 N–H and O–H groups in total. The Kier molecular flexibility index (Phi) is 4.25. The maximum absolute atomic E-state index is 11.0. The molecule has 0 heterocycles. The number of ketones is 1. The topological polar surface area (TPSA) is 20.3 Å². The Morgan fingerprint density at radius 2 is 1.81 bits per heavy atom. The van der Waals surface area contributed by atoms with Gasteiger partial charge < -0.3 is 0 Å². The molecule has 0 spiro atoms. The fourth-order valence-corrected chi connectivity index (χ4v) is 1.91. The van der Waals surface area contributed by atoms with Crippen molar-refractivity contribution >= 4 is 5.78 Å². The van der Waals surface area contributed by atoms with Gasteiger partial charge in [-0.25, -0.2) is 0 Å². The number of Topliss-reactive ketones (excluding diaryl/α,β-unsaturated/α-hetero) is 1. The van der Waals surface area contributed by atoms with Gasteiger partial charge in [0.05, 0.1) is 6.54 Å². The van der Waals surface area contributed by atoms with Gasteiger partial charge in [0, 0.05) is 6.54 Å². The highest BCUT2D eigenvalue weighted by Crippen LogP contribution is 2.18. The lowest BCUT2D eigenvalue weighted by Crippen LogP contribution is -2.24. The van der Waals surface area contributed by atoms with Gasteiger partial charge in [-0.1, -0.05) is 12.1 Å². The van der Waals surface area contributed by atoms with Crippen LogP contribution >= 0.6 is 0 Å². The summed E-state index contributed by atoms with van der Waals surface area (Å²) in [6.45, 7) is 9.42. The Labute approximate surface area is 98.3 Å². The van der Waals surface area contributed by atoms with Crippen LogP contribution in [0.1, 0.15) is 29.2 Å². The molecule has 0 atom stereocenters. The highest BCUT2D eigenvalue weighted by molar-refractivity contribution is 5.77. The fraction of sp³-hybridized carbons (Fsp3) is 0.500. The lowest BCUT2D eigenvalue weighted by atomic mass is 9.98. The number of hydrogen-bond acceptors (Lipinski definition) is 2. The predicted molar refractivity (Wildman–Crippen MR) is 67.7 cm³/mol. The summed E-state index contributed by atoms with van der Waals surface area (Å²) >= 11 is 0. The van der Waals surface area contributed by atoms with E-state index < -0.39 is 0 Å². The van der Waals surface area contributed by atoms with Crippen molar-refractivity contribution in [2.45, 2.75) is 34.2 Å². The van der Waals surface area contributed by atoms with Gasteiger partial charge in [0.15, 0.2) is 0 Å². The Bertz CT molecular complexity index is 396. The van der Waals surface area contributed by atoms with Crippen molar-refractivity contribution in [2.24, 2.45) is 0 Å². The van der Waals surface area contributed by atoms with Gasteiger partial charge in [-0.05, 0) is 57.0 Å². The van der Waals surface area contributed by atoms with Gasteiger partial charge in [-0.15, -0.1) is 0 Å². The molecule has 2 nitrogen and oxygen atoms in total. The van der Waals surface area contributed by atoms with E-state index in [-0.39, 0.29) is 5.78 Å². The average Bonchev–Trinajstić information content (AvgIpc) is 2.18. The molecule has 1 aromatic carbocycles. The Balaban J connectivity index is 2.82. The first-order valence-electron chi connectivity index (χ1n) is 5.65. The molecule has 0 saturated heterocycles. The lowest BCUT2D eigenvalue weighted by molar-refractivity contribution is -0.117. The summed E-state index contributed by atoms with van der Waals surface area (Å²) in [5.41, 5.74) is 5.34. The van der Waals surface area contributed by atoms with E-state index in [0.717, 1.165) is 6.54 Å². The van der Waals surface area contributed by atoms with Gasteiger partial charge in [0.2, 0.25) is 0 Å². The van der Waals surface area contributed by atoms with E-state index in [0.29, 0.717) is 6.54 Å². The third kappa shape index (κ3) is 3.17. The van der Waals surface area contributed by atoms with Crippen LogP contribution in [0, 0.1) is 20.8 Å². The number of hydrogen-bond donors (Lipinski definition) is 0. The van der Waals surface area contributed by atoms with E-state index in [1.165, 1.54) is 22.3 Å². The number of carbonyl (C=O) groups excluding carboxylic acids is 1. The molecular weight excluding hydrogens is 198 g/mol. The first kappa shape index (κ1) is 12.9. The molecule has 1 rings (SSSR count). The van der Waals surface area contributed by atoms with Crippen LogP contribution < -0.4 is 0 Å². The van der Waals surface area contributed by atoms with Gasteiger partial charge in [0.1, 0.15) is 5.78 Å². The average molecular weight is 219 g/mol. The van der Waals surface area contributed by atoms with Crippen molar-refractivity contribution in [2.75, 3.05) is 13.6 Å². The van der Waals surface area contributed by atoms with Crippen LogP contribution in [0.2, 0.25) is 0 Å². The van der Waals surface area contributed by atoms with Crippen molar-refractivity contribution in [3.05, 3.63) is 34.4 Å². The van der Waals surface area contributed by atoms with Crippen molar-refractivity contribution < 1.29 is 4.79 Å². The molecular formula is C14H21NO. The van der Waals surface area contributed by atoms with Crippen LogP contribution in [0.15, 0.2) is 12.1 Å². The Morgan fingerprint density at radius 1 is 1.19 bits per heavy atom. The molecule has 0 saturated carbocycles. The summed E-state index contributed by atoms with van der Waals surface area (Å²) in [5.74, 6) is 0.212. The van der Waals surface area contributed by atoms with E-state index in [1.807, 2.05) is 7.05 Å². The van der Waals surface area contributed by atoms with E-state index >= 15 is 0 Å². The smallest absolute Gasteiger partial charge is 0.143 e. The normalized spacial score (nSPS) is 10.9. The van der Waals surface area contributed by atoms with E-state index in [2.05, 4.69) is 37.8 Å². The largest absolute Gasteiger partial charge is 0.299 e. The molecule has 0 fully saturated rings. The molecule has 0 aromatic heterocycles. The van der Waals surface area contributed by atoms with E-state index in [1.54, 1.807) is 6.92 Å². The van der Waals surface area contributed by atoms with Crippen LogP contribution in [0.5, 0.6) is 0 Å². The van der Waals surface area contributed by atoms with Gasteiger partial charge >= 0.3 is 0 Å². The van der Waals surface area contributed by atoms with Gasteiger partial charge in [-0.2, -0.15) is 0 Å². The first-order chi connectivity index (χ1) is 7.41. The van der Waals surface area contributed by atoms with E-state index in [9.17, 15) is 4.79 Å². The molecule has 0 unspecified atom stereocenters. The summed E-state index contributed by atoms with van der Waals surface area (Å²) in [6.07, 6.45) is 0. The summed E-state index contributed by atoms with van der Waals surface area (Å²) in [6, 6.07) is 4.31. The van der Waals surface area contributed by atoms with Crippen LogP contribution in [-0.4, -0.2) is 24.3 Å². The second kappa shape index (κ2) is 5.26. The van der Waals surface area contributed by atoms with Crippen LogP contribution in [0.3, 0.4) is 0 Å². The lowest BCUT2D eigenvalue weighted by Gasteiger charge is -2.18. The molecule has 0 aliphatic heterocycles. The number of aryl methyl sites for hydroxylation is 1. The Morgan fingerprint density at radius 3 is 2.38 bits per heavy atom. The maximum atomic E-state index is 11.0. The minimum Gasteiger partial charge on any atom is -0.299 e. The number of likely N-dealkylation sites (N-methyl/N-ethyl adjacent to an activating group) is 1. The molecule has 88 valence electrons. The summed E-state index contributed by atoms with van der Waals surface area (Å²) in [7, 11) is 1.98. The number of carbonyl (C=O) groups is 1. The zero-order valence-corrected chi connectivity index (χ0v) is 10.9. The van der Waals surface area contributed by atoms with Crippen LogP contribution in [0.25, 0.3) is 0 Å². The molecule has 0 radical (unpaired) electrons. The molecule has 0 bridgehead atoms. The quantitative estimate of drug-likeness (QED) is 0.776. The van der Waals surface area contributed by atoms with Crippen molar-refractivity contribution in [3.8, 4) is 0 Å². The van der Waals surface area contributed by atoms with Crippen LogP contribution in [-0.2, 0) is 11.3 Å². The third-order valence-corrected chi connectivity index (χ3v) is 3.10. The zero-order chi connectivity index (χ0) is 12.3. The standard InChI is InChI=1S/C14H21NO/c1-10-6-7-14(13(4)12(10)3)9-15(5)8-11(2)16/h6-7H,8-9H2,1-5H3. The van der Waals surface area contributed by atoms with E-state index in [4.69, 9.17) is 0 Å². The van der Waals surface area contributed by atoms with Crippen molar-refractivity contribution in [1.82, 2.24) is 4.90 Å². The molecule has 2 heteroatoms. The molecule has 0 aliphatic carbocycles. The Hall–Kier alpha value is -1.15. The monoisotopic (exact) mass is 219 g/mol. The summed E-state index contributed by atoms with van der Waals surface area (Å²) < 4.78 is 0. The summed E-state index contributed by atoms with van der Waals surface area (Å²) in [4.78, 5) is 13.1. The SMILES string of the molecule is CC(=O)CN(C)Cc1ccc(C)c(C)c1C. The second-order valence-electron chi connectivity index (χ2n) is 4.67. The van der Waals surface area contributed by atoms with Gasteiger partial charge in [-0.3, -0.25) is 9.69 Å². The van der Waals surface area contributed by atoms with Crippen molar-refractivity contribution in [3.63, 3.8) is 0 Å². The molecule has 16 heavy (non-hydrogen) atoms. The number of rotatable bonds is 4. The zero-order valence-electron chi connectivity index (χ0n) is 10.9. The van der Waals surface area contributed by atoms with Gasteiger partial charge in [0.25, 0.3) is 0 Å². The van der Waals surface area contributed by atoms with Crippen molar-refractivity contribution in [1.29, 1.82) is 0 Å². The fourth-order valence-electron chi connectivity index (χ4n) is 1.91. The molecule has 1 aromatic rings. The maximum Gasteiger partial charge on any atom is 0.143 e. The highest BCUT2D eigenvalue weighted by Gasteiger charge is 2.07.